The first-order chi connectivity index (χ1) is 18.1. The fraction of sp³-hybridized carbons (Fsp3) is 0.375. The number of nitrogens with zero attached hydrogens (tertiary/aromatic N) is 1. The maximum absolute atomic E-state index is 13.4. The highest BCUT2D eigenvalue weighted by atomic mass is 28.4. The van der Waals surface area contributed by atoms with Gasteiger partial charge in [0.1, 0.15) is 12.6 Å². The highest BCUT2D eigenvalue weighted by Gasteiger charge is 2.50. The minimum absolute atomic E-state index is 0.0190. The summed E-state index contributed by atoms with van der Waals surface area (Å²) in [6, 6.07) is 30.4. The van der Waals surface area contributed by atoms with Crippen LogP contribution < -0.4 is 10.4 Å². The van der Waals surface area contributed by atoms with Crippen LogP contribution in [0.5, 0.6) is 0 Å². The first-order valence-electron chi connectivity index (χ1n) is 13.4. The van der Waals surface area contributed by atoms with Gasteiger partial charge >= 0.3 is 6.09 Å². The number of amides is 2. The van der Waals surface area contributed by atoms with Crippen LogP contribution in [0.25, 0.3) is 0 Å². The van der Waals surface area contributed by atoms with E-state index in [0.29, 0.717) is 6.61 Å². The zero-order valence-electron chi connectivity index (χ0n) is 23.1. The Hall–Kier alpha value is -3.22. The molecule has 6 heteroatoms. The van der Waals surface area contributed by atoms with Gasteiger partial charge in [-0.25, -0.2) is 9.69 Å². The van der Waals surface area contributed by atoms with Gasteiger partial charge in [0.25, 0.3) is 8.32 Å². The first-order valence-corrected chi connectivity index (χ1v) is 15.3. The lowest BCUT2D eigenvalue weighted by molar-refractivity contribution is -0.130. The molecule has 0 spiro atoms. The van der Waals surface area contributed by atoms with E-state index in [4.69, 9.17) is 9.16 Å². The molecule has 0 bridgehead atoms. The van der Waals surface area contributed by atoms with Crippen LogP contribution in [0, 0.1) is 11.8 Å². The summed E-state index contributed by atoms with van der Waals surface area (Å²) in [4.78, 5) is 27.1. The Morgan fingerprint density at radius 3 is 1.89 bits per heavy atom. The van der Waals surface area contributed by atoms with Crippen molar-refractivity contribution in [2.75, 3.05) is 13.2 Å². The lowest BCUT2D eigenvalue weighted by Gasteiger charge is -2.44. The van der Waals surface area contributed by atoms with E-state index in [1.807, 2.05) is 42.5 Å². The Bertz CT molecular complexity index is 1170. The number of hydrogen-bond donors (Lipinski definition) is 0. The van der Waals surface area contributed by atoms with Gasteiger partial charge in [-0.3, -0.25) is 4.79 Å². The van der Waals surface area contributed by atoms with Gasteiger partial charge in [0.15, 0.2) is 0 Å². The van der Waals surface area contributed by atoms with Crippen LogP contribution in [-0.2, 0) is 14.0 Å². The normalized spacial score (nSPS) is 17.7. The molecule has 1 saturated heterocycles. The Morgan fingerprint density at radius 1 is 0.895 bits per heavy atom. The Kier molecular flexibility index (Phi) is 8.53. The van der Waals surface area contributed by atoms with Crippen molar-refractivity contribution in [3.05, 3.63) is 96.6 Å². The van der Waals surface area contributed by atoms with Crippen molar-refractivity contribution in [3.8, 4) is 0 Å². The average molecular weight is 530 g/mol. The summed E-state index contributed by atoms with van der Waals surface area (Å²) in [6.07, 6.45) is -0.309. The predicted octanol–water partition coefficient (Wildman–Crippen LogP) is 5.95. The van der Waals surface area contributed by atoms with E-state index >= 15 is 0 Å². The van der Waals surface area contributed by atoms with Crippen molar-refractivity contribution in [2.24, 2.45) is 11.8 Å². The zero-order valence-corrected chi connectivity index (χ0v) is 24.1. The van der Waals surface area contributed by atoms with E-state index in [2.05, 4.69) is 83.1 Å². The average Bonchev–Trinajstić information content (AvgIpc) is 3.31. The summed E-state index contributed by atoms with van der Waals surface area (Å²) in [6.45, 7) is 11.7. The van der Waals surface area contributed by atoms with Gasteiger partial charge < -0.3 is 9.16 Å². The Morgan fingerprint density at radius 2 is 1.39 bits per heavy atom. The molecule has 0 aromatic heterocycles. The minimum atomic E-state index is -2.66. The third-order valence-corrected chi connectivity index (χ3v) is 12.8. The van der Waals surface area contributed by atoms with Crippen LogP contribution >= 0.6 is 0 Å². The molecule has 1 aliphatic heterocycles. The van der Waals surface area contributed by atoms with Gasteiger partial charge in [0.2, 0.25) is 5.91 Å². The molecule has 0 N–H and O–H groups in total. The van der Waals surface area contributed by atoms with Crippen LogP contribution in [0.1, 0.15) is 52.6 Å². The SMILES string of the molecule is C[C@@H](CO[Si](c1ccccc1)(c1ccccc1)C(C)(C)C)[C@@H](C)CC(=O)N1C(=O)OC[C@@H]1c1ccccc1. The topological polar surface area (TPSA) is 55.8 Å². The first kappa shape index (κ1) is 27.8. The maximum Gasteiger partial charge on any atom is 0.417 e. The van der Waals surface area contributed by atoms with Crippen LogP contribution in [0.15, 0.2) is 91.0 Å². The third kappa shape index (κ3) is 5.61. The van der Waals surface area contributed by atoms with Gasteiger partial charge in [0.05, 0.1) is 0 Å². The van der Waals surface area contributed by atoms with Crippen LogP contribution in [-0.4, -0.2) is 38.4 Å². The molecular weight excluding hydrogens is 490 g/mol. The second kappa shape index (κ2) is 11.7. The summed E-state index contributed by atoms with van der Waals surface area (Å²) in [5.74, 6) is -0.0777. The Labute approximate surface area is 227 Å². The molecule has 38 heavy (non-hydrogen) atoms. The van der Waals surface area contributed by atoms with Gasteiger partial charge in [-0.15, -0.1) is 0 Å². The van der Waals surface area contributed by atoms with Crippen molar-refractivity contribution >= 4 is 30.7 Å². The van der Waals surface area contributed by atoms with Crippen LogP contribution in [0.3, 0.4) is 0 Å². The van der Waals surface area contributed by atoms with E-state index in [1.165, 1.54) is 15.3 Å². The summed E-state index contributed by atoms with van der Waals surface area (Å²) in [5.41, 5.74) is 0.905. The molecule has 3 aromatic rings. The molecule has 3 aromatic carbocycles. The predicted molar refractivity (Wildman–Crippen MR) is 154 cm³/mol. The molecule has 3 atom stereocenters. The number of rotatable bonds is 9. The lowest BCUT2D eigenvalue weighted by Crippen LogP contribution is -2.67. The standard InChI is InChI=1S/C32H39NO4Si/c1-24(21-30(34)33-29(23-36-31(33)35)26-15-9-6-10-16-26)25(2)22-37-38(32(3,4)5,27-17-11-7-12-18-27)28-19-13-8-14-20-28/h6-20,24-25,29H,21-23H2,1-5H3/t24-,25-,29+/m0/s1. The van der Waals surface area contributed by atoms with Gasteiger partial charge in [0, 0.05) is 13.0 Å². The molecule has 0 radical (unpaired) electrons. The third-order valence-electron chi connectivity index (χ3n) is 7.77. The highest BCUT2D eigenvalue weighted by molar-refractivity contribution is 6.99. The molecule has 1 aliphatic rings. The van der Waals surface area contributed by atoms with Crippen molar-refractivity contribution in [1.82, 2.24) is 4.90 Å². The quantitative estimate of drug-likeness (QED) is 0.322. The smallest absolute Gasteiger partial charge is 0.417 e. The van der Waals surface area contributed by atoms with Gasteiger partial charge in [-0.1, -0.05) is 126 Å². The number of cyclic esters (lactones) is 1. The van der Waals surface area contributed by atoms with E-state index < -0.39 is 14.4 Å². The maximum atomic E-state index is 13.4. The molecule has 200 valence electrons. The van der Waals surface area contributed by atoms with Crippen molar-refractivity contribution in [1.29, 1.82) is 0 Å². The van der Waals surface area contributed by atoms with Crippen LogP contribution in [0.2, 0.25) is 5.04 Å². The van der Waals surface area contributed by atoms with Crippen molar-refractivity contribution in [2.45, 2.75) is 52.1 Å². The zero-order chi connectivity index (χ0) is 27.3. The summed E-state index contributed by atoms with van der Waals surface area (Å²) in [7, 11) is -2.66. The van der Waals surface area contributed by atoms with Crippen LogP contribution in [0.4, 0.5) is 4.79 Å². The molecular formula is C32H39NO4Si. The molecule has 1 heterocycles. The fourth-order valence-electron chi connectivity index (χ4n) is 5.37. The number of hydrogen-bond acceptors (Lipinski definition) is 4. The second-order valence-electron chi connectivity index (χ2n) is 11.4. The molecule has 5 nitrogen and oxygen atoms in total. The van der Waals surface area contributed by atoms with Gasteiger partial charge in [-0.2, -0.15) is 0 Å². The Balaban J connectivity index is 1.52. The van der Waals surface area contributed by atoms with Crippen molar-refractivity contribution < 1.29 is 18.8 Å². The largest absolute Gasteiger partial charge is 0.446 e. The number of carbonyl (C=O) groups is 2. The number of imide groups is 1. The number of ether oxygens (including phenoxy) is 1. The highest BCUT2D eigenvalue weighted by Crippen LogP contribution is 2.37. The monoisotopic (exact) mass is 529 g/mol. The fourth-order valence-corrected chi connectivity index (χ4v) is 10.0. The second-order valence-corrected chi connectivity index (χ2v) is 15.7. The number of carbonyl (C=O) groups excluding carboxylic acids is 2. The molecule has 0 unspecified atom stereocenters. The van der Waals surface area contributed by atoms with Gasteiger partial charge in [-0.05, 0) is 32.8 Å². The van der Waals surface area contributed by atoms with Crippen molar-refractivity contribution in [3.63, 3.8) is 0 Å². The summed E-state index contributed by atoms with van der Waals surface area (Å²) >= 11 is 0. The summed E-state index contributed by atoms with van der Waals surface area (Å²) in [5, 5.41) is 2.36. The molecule has 4 rings (SSSR count). The van der Waals surface area contributed by atoms with E-state index in [1.54, 1.807) is 0 Å². The number of benzene rings is 3. The molecule has 0 aliphatic carbocycles. The molecule has 2 amide bonds. The lowest BCUT2D eigenvalue weighted by atomic mass is 9.93. The van der Waals surface area contributed by atoms with E-state index in [-0.39, 0.29) is 41.9 Å². The van der Waals surface area contributed by atoms with E-state index in [0.717, 1.165) is 5.56 Å². The minimum Gasteiger partial charge on any atom is -0.446 e. The molecule has 1 fully saturated rings. The summed E-state index contributed by atoms with van der Waals surface area (Å²) < 4.78 is 12.4. The molecule has 0 saturated carbocycles. The van der Waals surface area contributed by atoms with E-state index in [9.17, 15) is 9.59 Å².